The first kappa shape index (κ1) is 11.8. The summed E-state index contributed by atoms with van der Waals surface area (Å²) in [6, 6.07) is 4.18. The van der Waals surface area contributed by atoms with Crippen molar-refractivity contribution >= 4 is 5.95 Å². The van der Waals surface area contributed by atoms with E-state index in [2.05, 4.69) is 34.8 Å². The molecular weight excluding hydrogens is 212 g/mol. The van der Waals surface area contributed by atoms with E-state index in [1.165, 1.54) is 12.8 Å². The van der Waals surface area contributed by atoms with Gasteiger partial charge in [0.15, 0.2) is 0 Å². The Labute approximate surface area is 102 Å². The third-order valence-electron chi connectivity index (χ3n) is 2.99. The van der Waals surface area contributed by atoms with E-state index in [0.29, 0.717) is 17.7 Å². The minimum atomic E-state index is 0.365. The molecule has 0 N–H and O–H groups in total. The van der Waals surface area contributed by atoms with Gasteiger partial charge in [-0.25, -0.2) is 9.97 Å². The molecule has 1 aromatic heterocycles. The highest BCUT2D eigenvalue weighted by atomic mass is 15.3. The van der Waals surface area contributed by atoms with Crippen LogP contribution in [0.25, 0.3) is 0 Å². The van der Waals surface area contributed by atoms with Gasteiger partial charge in [0.2, 0.25) is 5.95 Å². The Kier molecular flexibility index (Phi) is 3.28. The van der Waals surface area contributed by atoms with E-state index >= 15 is 0 Å². The van der Waals surface area contributed by atoms with Crippen LogP contribution in [0.3, 0.4) is 0 Å². The van der Waals surface area contributed by atoms with Crippen LogP contribution in [0.15, 0.2) is 6.07 Å². The van der Waals surface area contributed by atoms with Gasteiger partial charge in [-0.3, -0.25) is 0 Å². The molecule has 0 bridgehead atoms. The maximum atomic E-state index is 8.94. The first-order valence-corrected chi connectivity index (χ1v) is 6.12. The van der Waals surface area contributed by atoms with Gasteiger partial charge < -0.3 is 4.90 Å². The number of anilines is 1. The van der Waals surface area contributed by atoms with E-state index in [0.717, 1.165) is 18.2 Å². The lowest BCUT2D eigenvalue weighted by Gasteiger charge is -2.26. The van der Waals surface area contributed by atoms with Crippen molar-refractivity contribution in [3.8, 4) is 6.07 Å². The number of nitriles is 1. The number of hydrogen-bond donors (Lipinski definition) is 0. The van der Waals surface area contributed by atoms with Gasteiger partial charge in [-0.15, -0.1) is 0 Å². The fourth-order valence-electron chi connectivity index (χ4n) is 1.84. The van der Waals surface area contributed by atoms with E-state index in [-0.39, 0.29) is 0 Å². The van der Waals surface area contributed by atoms with Gasteiger partial charge in [-0.1, -0.05) is 0 Å². The molecular formula is C13H18N4. The Bertz CT molecular complexity index is 443. The molecule has 4 nitrogen and oxygen atoms in total. The number of aryl methyl sites for hydroxylation is 1. The smallest absolute Gasteiger partial charge is 0.227 e. The molecule has 0 radical (unpaired) electrons. The number of rotatable bonds is 4. The van der Waals surface area contributed by atoms with Crippen molar-refractivity contribution in [1.29, 1.82) is 5.26 Å². The first-order valence-electron chi connectivity index (χ1n) is 6.12. The molecule has 1 aromatic rings. The van der Waals surface area contributed by atoms with Gasteiger partial charge in [0.25, 0.3) is 0 Å². The maximum absolute atomic E-state index is 8.94. The molecule has 0 aromatic carbocycles. The van der Waals surface area contributed by atoms with Crippen molar-refractivity contribution < 1.29 is 0 Å². The number of hydrogen-bond acceptors (Lipinski definition) is 4. The summed E-state index contributed by atoms with van der Waals surface area (Å²) in [5, 5.41) is 8.94. The van der Waals surface area contributed by atoms with Crippen LogP contribution >= 0.6 is 0 Å². The highest BCUT2D eigenvalue weighted by Crippen LogP contribution is 2.31. The number of aromatic nitrogens is 2. The van der Waals surface area contributed by atoms with Crippen LogP contribution in [-0.2, 0) is 0 Å². The SMILES string of the molecule is Cc1cc(C#N)nc(N(CC2CC2)C(C)C)n1. The van der Waals surface area contributed by atoms with E-state index in [1.54, 1.807) is 6.07 Å². The summed E-state index contributed by atoms with van der Waals surface area (Å²) < 4.78 is 0. The molecule has 2 rings (SSSR count). The van der Waals surface area contributed by atoms with E-state index in [4.69, 9.17) is 5.26 Å². The fraction of sp³-hybridized carbons (Fsp3) is 0.615. The molecule has 1 aliphatic rings. The Morgan fingerprint density at radius 3 is 2.71 bits per heavy atom. The molecule has 0 unspecified atom stereocenters. The van der Waals surface area contributed by atoms with Crippen LogP contribution in [0.4, 0.5) is 5.95 Å². The average molecular weight is 230 g/mol. The summed E-state index contributed by atoms with van der Waals surface area (Å²) >= 11 is 0. The van der Waals surface area contributed by atoms with E-state index in [1.807, 2.05) is 6.92 Å². The minimum absolute atomic E-state index is 0.365. The molecule has 0 spiro atoms. The average Bonchev–Trinajstić information content (AvgIpc) is 3.08. The van der Waals surface area contributed by atoms with Crippen LogP contribution < -0.4 is 4.90 Å². The van der Waals surface area contributed by atoms with Crippen molar-refractivity contribution in [3.63, 3.8) is 0 Å². The molecule has 0 saturated heterocycles. The number of nitrogens with zero attached hydrogens (tertiary/aromatic N) is 4. The van der Waals surface area contributed by atoms with Crippen LogP contribution in [0.1, 0.15) is 38.1 Å². The van der Waals surface area contributed by atoms with Crippen LogP contribution in [0, 0.1) is 24.2 Å². The molecule has 0 amide bonds. The summed E-state index contributed by atoms with van der Waals surface area (Å²) in [4.78, 5) is 11.0. The summed E-state index contributed by atoms with van der Waals surface area (Å²) in [6.07, 6.45) is 2.61. The Balaban J connectivity index is 2.27. The van der Waals surface area contributed by atoms with Gasteiger partial charge >= 0.3 is 0 Å². The maximum Gasteiger partial charge on any atom is 0.227 e. The zero-order valence-corrected chi connectivity index (χ0v) is 10.6. The van der Waals surface area contributed by atoms with Crippen molar-refractivity contribution in [2.24, 2.45) is 5.92 Å². The van der Waals surface area contributed by atoms with Crippen LogP contribution in [0.5, 0.6) is 0 Å². The lowest BCUT2D eigenvalue weighted by atomic mass is 10.3. The second kappa shape index (κ2) is 4.70. The molecule has 0 atom stereocenters. The standard InChI is InChI=1S/C13H18N4/c1-9(2)17(8-11-4-5-11)13-15-10(3)6-12(7-14)16-13/h6,9,11H,4-5,8H2,1-3H3. The summed E-state index contributed by atoms with van der Waals surface area (Å²) in [6.45, 7) is 7.19. The van der Waals surface area contributed by atoms with Gasteiger partial charge in [-0.2, -0.15) is 5.26 Å². The largest absolute Gasteiger partial charge is 0.338 e. The monoisotopic (exact) mass is 230 g/mol. The molecule has 1 heterocycles. The second-order valence-electron chi connectivity index (χ2n) is 5.00. The van der Waals surface area contributed by atoms with Gasteiger partial charge in [0.05, 0.1) is 0 Å². The molecule has 90 valence electrons. The summed E-state index contributed by atoms with van der Waals surface area (Å²) in [5.74, 6) is 1.48. The Hall–Kier alpha value is -1.63. The minimum Gasteiger partial charge on any atom is -0.338 e. The highest BCUT2D eigenvalue weighted by molar-refractivity contribution is 5.37. The second-order valence-corrected chi connectivity index (χ2v) is 5.00. The van der Waals surface area contributed by atoms with E-state index in [9.17, 15) is 0 Å². The quantitative estimate of drug-likeness (QED) is 0.796. The third-order valence-corrected chi connectivity index (χ3v) is 2.99. The van der Waals surface area contributed by atoms with E-state index < -0.39 is 0 Å². The zero-order valence-electron chi connectivity index (χ0n) is 10.6. The predicted molar refractivity (Wildman–Crippen MR) is 66.7 cm³/mol. The fourth-order valence-corrected chi connectivity index (χ4v) is 1.84. The molecule has 4 heteroatoms. The molecule has 1 fully saturated rings. The Morgan fingerprint density at radius 1 is 1.47 bits per heavy atom. The third kappa shape index (κ3) is 2.94. The highest BCUT2D eigenvalue weighted by Gasteiger charge is 2.27. The lowest BCUT2D eigenvalue weighted by Crippen LogP contribution is -2.34. The summed E-state index contributed by atoms with van der Waals surface area (Å²) in [5.41, 5.74) is 1.31. The van der Waals surface area contributed by atoms with Gasteiger partial charge in [0.1, 0.15) is 11.8 Å². The van der Waals surface area contributed by atoms with Crippen LogP contribution in [-0.4, -0.2) is 22.6 Å². The normalized spacial score (nSPS) is 14.8. The topological polar surface area (TPSA) is 52.8 Å². The lowest BCUT2D eigenvalue weighted by molar-refractivity contribution is 0.625. The van der Waals surface area contributed by atoms with Crippen molar-refractivity contribution in [3.05, 3.63) is 17.5 Å². The first-order chi connectivity index (χ1) is 8.10. The van der Waals surface area contributed by atoms with Crippen molar-refractivity contribution in [1.82, 2.24) is 9.97 Å². The molecule has 0 aliphatic heterocycles. The summed E-state index contributed by atoms with van der Waals surface area (Å²) in [7, 11) is 0. The molecule has 1 saturated carbocycles. The van der Waals surface area contributed by atoms with Gasteiger partial charge in [0, 0.05) is 18.3 Å². The Morgan fingerprint density at radius 2 is 2.18 bits per heavy atom. The molecule has 1 aliphatic carbocycles. The molecule has 17 heavy (non-hydrogen) atoms. The van der Waals surface area contributed by atoms with Crippen LogP contribution in [0.2, 0.25) is 0 Å². The van der Waals surface area contributed by atoms with Crippen molar-refractivity contribution in [2.75, 3.05) is 11.4 Å². The zero-order chi connectivity index (χ0) is 12.4. The van der Waals surface area contributed by atoms with Gasteiger partial charge in [-0.05, 0) is 45.6 Å². The van der Waals surface area contributed by atoms with Crippen molar-refractivity contribution in [2.45, 2.75) is 39.7 Å². The predicted octanol–water partition coefficient (Wildman–Crippen LogP) is 2.28.